The van der Waals surface area contributed by atoms with Crippen molar-refractivity contribution in [1.29, 1.82) is 0 Å². The van der Waals surface area contributed by atoms with Crippen LogP contribution in [0.1, 0.15) is 30.2 Å². The molecule has 0 aliphatic heterocycles. The zero-order valence-corrected chi connectivity index (χ0v) is 10.1. The predicted molar refractivity (Wildman–Crippen MR) is 60.6 cm³/mol. The summed E-state index contributed by atoms with van der Waals surface area (Å²) in [5, 5.41) is 6.83. The first kappa shape index (κ1) is 12.6. The molecule has 1 aromatic carbocycles. The highest BCUT2D eigenvalue weighted by Crippen LogP contribution is 2.16. The van der Waals surface area contributed by atoms with E-state index in [9.17, 15) is 8.78 Å². The summed E-state index contributed by atoms with van der Waals surface area (Å²) in [6.07, 6.45) is 0. The van der Waals surface area contributed by atoms with Crippen LogP contribution < -0.4 is 5.32 Å². The van der Waals surface area contributed by atoms with Gasteiger partial charge in [-0.25, -0.2) is 8.78 Å². The Hall–Kier alpha value is -1.82. The average Bonchev–Trinajstić information content (AvgIpc) is 2.75. The maximum atomic E-state index is 13.1. The molecule has 1 heterocycles. The summed E-state index contributed by atoms with van der Waals surface area (Å²) in [4.78, 5) is 4.03. The molecule has 0 aliphatic rings. The Kier molecular flexibility index (Phi) is 3.66. The molecule has 0 fully saturated rings. The standard InChI is InChI=1S/C12H13F2N3O/c1-7(9-3-4-10(13)11(14)5-9)15-6-12-16-8(2)18-17-12/h3-5,7,15H,6H2,1-2H3. The average molecular weight is 253 g/mol. The number of rotatable bonds is 4. The van der Waals surface area contributed by atoms with E-state index in [0.29, 0.717) is 23.8 Å². The first-order valence-corrected chi connectivity index (χ1v) is 5.54. The van der Waals surface area contributed by atoms with Crippen LogP contribution in [0.25, 0.3) is 0 Å². The van der Waals surface area contributed by atoms with Gasteiger partial charge in [-0.2, -0.15) is 4.98 Å². The van der Waals surface area contributed by atoms with Crippen molar-refractivity contribution in [1.82, 2.24) is 15.5 Å². The van der Waals surface area contributed by atoms with Crippen molar-refractivity contribution in [3.05, 3.63) is 47.1 Å². The number of nitrogens with one attached hydrogen (secondary N) is 1. The molecule has 1 aromatic heterocycles. The van der Waals surface area contributed by atoms with Crippen molar-refractivity contribution >= 4 is 0 Å². The van der Waals surface area contributed by atoms with Crippen LogP contribution in [0.5, 0.6) is 0 Å². The lowest BCUT2D eigenvalue weighted by Crippen LogP contribution is -2.19. The summed E-state index contributed by atoms with van der Waals surface area (Å²) < 4.78 is 30.7. The molecule has 6 heteroatoms. The van der Waals surface area contributed by atoms with Gasteiger partial charge in [-0.05, 0) is 24.6 Å². The van der Waals surface area contributed by atoms with E-state index in [1.165, 1.54) is 12.1 Å². The molecule has 0 saturated heterocycles. The Morgan fingerprint density at radius 1 is 1.33 bits per heavy atom. The number of aromatic nitrogens is 2. The lowest BCUT2D eigenvalue weighted by molar-refractivity contribution is 0.384. The van der Waals surface area contributed by atoms with Crippen molar-refractivity contribution in [2.75, 3.05) is 0 Å². The molecule has 4 nitrogen and oxygen atoms in total. The number of aryl methyl sites for hydroxylation is 1. The second kappa shape index (κ2) is 5.22. The van der Waals surface area contributed by atoms with E-state index >= 15 is 0 Å². The molecule has 0 amide bonds. The second-order valence-corrected chi connectivity index (χ2v) is 4.01. The van der Waals surface area contributed by atoms with Gasteiger partial charge in [-0.15, -0.1) is 0 Å². The Labute approximate surface area is 103 Å². The third kappa shape index (κ3) is 2.89. The van der Waals surface area contributed by atoms with Crippen LogP contribution in [0.15, 0.2) is 22.7 Å². The van der Waals surface area contributed by atoms with Crippen LogP contribution in [0.3, 0.4) is 0 Å². The van der Waals surface area contributed by atoms with Gasteiger partial charge in [0.05, 0.1) is 6.54 Å². The summed E-state index contributed by atoms with van der Waals surface area (Å²) in [7, 11) is 0. The van der Waals surface area contributed by atoms with Crippen LogP contribution in [0.2, 0.25) is 0 Å². The number of nitrogens with zero attached hydrogens (tertiary/aromatic N) is 2. The topological polar surface area (TPSA) is 51.0 Å². The van der Waals surface area contributed by atoms with Crippen molar-refractivity contribution in [3.63, 3.8) is 0 Å². The molecule has 0 saturated carbocycles. The van der Waals surface area contributed by atoms with Gasteiger partial charge in [0.25, 0.3) is 0 Å². The summed E-state index contributed by atoms with van der Waals surface area (Å²) in [6.45, 7) is 3.95. The van der Waals surface area contributed by atoms with Crippen LogP contribution in [0, 0.1) is 18.6 Å². The molecular weight excluding hydrogens is 240 g/mol. The fourth-order valence-corrected chi connectivity index (χ4v) is 1.56. The Bertz CT molecular complexity index is 542. The number of hydrogen-bond acceptors (Lipinski definition) is 4. The maximum absolute atomic E-state index is 13.1. The molecule has 0 aliphatic carbocycles. The van der Waals surface area contributed by atoms with Crippen LogP contribution >= 0.6 is 0 Å². The highest BCUT2D eigenvalue weighted by atomic mass is 19.2. The highest BCUT2D eigenvalue weighted by molar-refractivity contribution is 5.20. The molecule has 96 valence electrons. The van der Waals surface area contributed by atoms with Gasteiger partial charge in [0.1, 0.15) is 0 Å². The first-order valence-electron chi connectivity index (χ1n) is 5.54. The zero-order chi connectivity index (χ0) is 13.1. The van der Waals surface area contributed by atoms with Gasteiger partial charge in [-0.1, -0.05) is 11.2 Å². The molecule has 2 rings (SSSR count). The number of hydrogen-bond donors (Lipinski definition) is 1. The lowest BCUT2D eigenvalue weighted by Gasteiger charge is -2.12. The van der Waals surface area contributed by atoms with Crippen molar-refractivity contribution in [2.24, 2.45) is 0 Å². The highest BCUT2D eigenvalue weighted by Gasteiger charge is 2.10. The monoisotopic (exact) mass is 253 g/mol. The largest absolute Gasteiger partial charge is 0.340 e. The maximum Gasteiger partial charge on any atom is 0.223 e. The Morgan fingerprint density at radius 3 is 2.72 bits per heavy atom. The van der Waals surface area contributed by atoms with Crippen LogP contribution in [0.4, 0.5) is 8.78 Å². The number of halogens is 2. The smallest absolute Gasteiger partial charge is 0.223 e. The Morgan fingerprint density at radius 2 is 2.11 bits per heavy atom. The van der Waals surface area contributed by atoms with Gasteiger partial charge in [0.15, 0.2) is 17.5 Å². The van der Waals surface area contributed by atoms with E-state index in [2.05, 4.69) is 15.5 Å². The molecule has 18 heavy (non-hydrogen) atoms. The third-order valence-corrected chi connectivity index (χ3v) is 2.58. The van der Waals surface area contributed by atoms with Crippen molar-refractivity contribution in [2.45, 2.75) is 26.4 Å². The molecule has 0 bridgehead atoms. The summed E-state index contributed by atoms with van der Waals surface area (Å²) in [5.41, 5.74) is 0.661. The minimum atomic E-state index is -0.850. The fraction of sp³-hybridized carbons (Fsp3) is 0.333. The SMILES string of the molecule is Cc1nc(CNC(C)c2ccc(F)c(F)c2)no1. The van der Waals surface area contributed by atoms with Gasteiger partial charge in [0, 0.05) is 13.0 Å². The van der Waals surface area contributed by atoms with Gasteiger partial charge in [-0.3, -0.25) is 0 Å². The van der Waals surface area contributed by atoms with E-state index in [4.69, 9.17) is 4.52 Å². The van der Waals surface area contributed by atoms with Gasteiger partial charge >= 0.3 is 0 Å². The first-order chi connectivity index (χ1) is 8.56. The molecular formula is C12H13F2N3O. The zero-order valence-electron chi connectivity index (χ0n) is 10.1. The molecule has 0 radical (unpaired) electrons. The normalized spacial score (nSPS) is 12.7. The quantitative estimate of drug-likeness (QED) is 0.909. The van der Waals surface area contributed by atoms with E-state index in [0.717, 1.165) is 6.07 Å². The predicted octanol–water partition coefficient (Wildman–Crippen LogP) is 2.51. The fourth-order valence-electron chi connectivity index (χ4n) is 1.56. The summed E-state index contributed by atoms with van der Waals surface area (Å²) in [5.74, 6) is -0.675. The second-order valence-electron chi connectivity index (χ2n) is 4.01. The van der Waals surface area contributed by atoms with Gasteiger partial charge < -0.3 is 9.84 Å². The van der Waals surface area contributed by atoms with E-state index in [1.54, 1.807) is 6.92 Å². The molecule has 1 unspecified atom stereocenters. The van der Waals surface area contributed by atoms with Crippen LogP contribution in [-0.4, -0.2) is 10.1 Å². The number of benzene rings is 1. The van der Waals surface area contributed by atoms with E-state index in [-0.39, 0.29) is 6.04 Å². The minimum Gasteiger partial charge on any atom is -0.340 e. The van der Waals surface area contributed by atoms with Crippen molar-refractivity contribution in [3.8, 4) is 0 Å². The van der Waals surface area contributed by atoms with Crippen LogP contribution in [-0.2, 0) is 6.54 Å². The lowest BCUT2D eigenvalue weighted by atomic mass is 10.1. The summed E-state index contributed by atoms with van der Waals surface area (Å²) >= 11 is 0. The Balaban J connectivity index is 1.99. The summed E-state index contributed by atoms with van der Waals surface area (Å²) in [6, 6.07) is 3.69. The van der Waals surface area contributed by atoms with E-state index < -0.39 is 11.6 Å². The molecule has 2 aromatic rings. The molecule has 1 N–H and O–H groups in total. The third-order valence-electron chi connectivity index (χ3n) is 2.58. The van der Waals surface area contributed by atoms with Crippen molar-refractivity contribution < 1.29 is 13.3 Å². The minimum absolute atomic E-state index is 0.140. The molecule has 1 atom stereocenters. The van der Waals surface area contributed by atoms with E-state index in [1.807, 2.05) is 6.92 Å². The van der Waals surface area contributed by atoms with Gasteiger partial charge in [0.2, 0.25) is 5.89 Å². The molecule has 0 spiro atoms.